The third-order valence-electron chi connectivity index (χ3n) is 2.49. The van der Waals surface area contributed by atoms with Crippen LogP contribution in [0, 0.1) is 0 Å². The van der Waals surface area contributed by atoms with Crippen molar-refractivity contribution >= 4 is 11.8 Å². The second-order valence-electron chi connectivity index (χ2n) is 3.62. The minimum absolute atomic E-state index is 0.124. The Labute approximate surface area is 83.3 Å². The lowest BCUT2D eigenvalue weighted by molar-refractivity contribution is -0.149. The number of piperazine rings is 1. The molecule has 1 heterocycles. The fraction of sp³-hybridized carbons (Fsp3) is 0.778. The average Bonchev–Trinajstić information content (AvgIpc) is 2.16. The summed E-state index contributed by atoms with van der Waals surface area (Å²) in [5.74, 6) is -2.01. The van der Waals surface area contributed by atoms with Crippen molar-refractivity contribution in [2.75, 3.05) is 39.8 Å². The second kappa shape index (κ2) is 5.07. The lowest BCUT2D eigenvalue weighted by Crippen LogP contribution is -2.45. The van der Waals surface area contributed by atoms with Gasteiger partial charge in [-0.15, -0.1) is 0 Å². The number of Topliss-reactive ketones (excluding diaryl/α,β-unsaturated/α-hetero) is 1. The largest absolute Gasteiger partial charge is 0.476 e. The molecule has 14 heavy (non-hydrogen) atoms. The van der Waals surface area contributed by atoms with Crippen LogP contribution in [-0.4, -0.2) is 66.4 Å². The predicted octanol–water partition coefficient (Wildman–Crippen LogP) is -0.722. The zero-order valence-corrected chi connectivity index (χ0v) is 8.40. The predicted molar refractivity (Wildman–Crippen MR) is 51.2 cm³/mol. The molecule has 0 aromatic heterocycles. The first kappa shape index (κ1) is 11.1. The fourth-order valence-electron chi connectivity index (χ4n) is 1.44. The van der Waals surface area contributed by atoms with Crippen LogP contribution in [0.4, 0.5) is 0 Å². The quantitative estimate of drug-likeness (QED) is 0.607. The number of carbonyl (C=O) groups excluding carboxylic acids is 1. The van der Waals surface area contributed by atoms with Crippen molar-refractivity contribution in [2.24, 2.45) is 0 Å². The van der Waals surface area contributed by atoms with Gasteiger partial charge in [-0.05, 0) is 7.05 Å². The first-order valence-corrected chi connectivity index (χ1v) is 4.76. The summed E-state index contributed by atoms with van der Waals surface area (Å²) in [5, 5.41) is 8.38. The Bertz CT molecular complexity index is 222. The Hall–Kier alpha value is -0.940. The maximum Gasteiger partial charge on any atom is 0.372 e. The van der Waals surface area contributed by atoms with E-state index < -0.39 is 11.8 Å². The van der Waals surface area contributed by atoms with Crippen LogP contribution in [0.5, 0.6) is 0 Å². The van der Waals surface area contributed by atoms with E-state index in [2.05, 4.69) is 16.8 Å². The molecule has 0 unspecified atom stereocenters. The summed E-state index contributed by atoms with van der Waals surface area (Å²) in [5.41, 5.74) is 0. The molecule has 0 aromatic rings. The molecule has 5 nitrogen and oxygen atoms in total. The van der Waals surface area contributed by atoms with Gasteiger partial charge in [0.2, 0.25) is 5.78 Å². The van der Waals surface area contributed by atoms with Gasteiger partial charge in [-0.3, -0.25) is 4.79 Å². The normalized spacial score (nSPS) is 19.5. The van der Waals surface area contributed by atoms with E-state index in [1.165, 1.54) is 0 Å². The van der Waals surface area contributed by atoms with E-state index in [1.807, 2.05) is 0 Å². The molecule has 0 bridgehead atoms. The molecule has 1 saturated heterocycles. The van der Waals surface area contributed by atoms with Crippen LogP contribution in [0.25, 0.3) is 0 Å². The highest BCUT2D eigenvalue weighted by atomic mass is 16.4. The lowest BCUT2D eigenvalue weighted by Gasteiger charge is -2.31. The molecule has 0 amide bonds. The van der Waals surface area contributed by atoms with Crippen molar-refractivity contribution in [1.29, 1.82) is 0 Å². The van der Waals surface area contributed by atoms with Crippen LogP contribution in [-0.2, 0) is 9.59 Å². The molecule has 0 aliphatic carbocycles. The van der Waals surface area contributed by atoms with Gasteiger partial charge in [0.05, 0.1) is 0 Å². The van der Waals surface area contributed by atoms with Crippen molar-refractivity contribution in [2.45, 2.75) is 6.42 Å². The maximum atomic E-state index is 10.8. The van der Waals surface area contributed by atoms with E-state index in [4.69, 9.17) is 5.11 Å². The molecular weight excluding hydrogens is 184 g/mol. The molecule has 5 heteroatoms. The zero-order valence-electron chi connectivity index (χ0n) is 8.40. The van der Waals surface area contributed by atoms with E-state index in [0.29, 0.717) is 6.54 Å². The highest BCUT2D eigenvalue weighted by molar-refractivity contribution is 6.32. The molecular formula is C9H16N2O3. The number of hydrogen-bond donors (Lipinski definition) is 1. The summed E-state index contributed by atoms with van der Waals surface area (Å²) >= 11 is 0. The summed E-state index contributed by atoms with van der Waals surface area (Å²) in [6.07, 6.45) is 0.124. The monoisotopic (exact) mass is 200 g/mol. The number of rotatable bonds is 4. The van der Waals surface area contributed by atoms with Crippen LogP contribution < -0.4 is 0 Å². The topological polar surface area (TPSA) is 60.9 Å². The van der Waals surface area contributed by atoms with Gasteiger partial charge in [0.15, 0.2) is 0 Å². The van der Waals surface area contributed by atoms with Crippen LogP contribution >= 0.6 is 0 Å². The number of hydrogen-bond acceptors (Lipinski definition) is 4. The zero-order chi connectivity index (χ0) is 10.6. The van der Waals surface area contributed by atoms with Gasteiger partial charge in [-0.25, -0.2) is 4.79 Å². The van der Waals surface area contributed by atoms with Crippen LogP contribution in [0.15, 0.2) is 0 Å². The molecule has 0 saturated carbocycles. The molecule has 1 N–H and O–H groups in total. The lowest BCUT2D eigenvalue weighted by atomic mass is 10.2. The summed E-state index contributed by atoms with van der Waals surface area (Å²) < 4.78 is 0. The standard InChI is InChI=1S/C9H16N2O3/c1-10-4-6-11(7-5-10)3-2-8(12)9(13)14/h2-7H2,1H3,(H,13,14). The molecule has 1 aliphatic heterocycles. The number of aliphatic carboxylic acids is 1. The van der Waals surface area contributed by atoms with E-state index in [-0.39, 0.29) is 6.42 Å². The fourth-order valence-corrected chi connectivity index (χ4v) is 1.44. The molecule has 0 aromatic carbocycles. The molecule has 0 spiro atoms. The third-order valence-corrected chi connectivity index (χ3v) is 2.49. The minimum atomic E-state index is -1.32. The summed E-state index contributed by atoms with van der Waals surface area (Å²) in [4.78, 5) is 25.4. The number of carboxylic acids is 1. The van der Waals surface area contributed by atoms with Gasteiger partial charge in [-0.2, -0.15) is 0 Å². The highest BCUT2D eigenvalue weighted by Crippen LogP contribution is 2.00. The summed E-state index contributed by atoms with van der Waals surface area (Å²) in [6, 6.07) is 0. The molecule has 80 valence electrons. The molecule has 0 atom stereocenters. The smallest absolute Gasteiger partial charge is 0.372 e. The van der Waals surface area contributed by atoms with Gasteiger partial charge in [0, 0.05) is 39.1 Å². The Morgan fingerprint density at radius 3 is 2.29 bits per heavy atom. The van der Waals surface area contributed by atoms with Gasteiger partial charge < -0.3 is 14.9 Å². The number of nitrogens with zero attached hydrogens (tertiary/aromatic N) is 2. The van der Waals surface area contributed by atoms with Crippen molar-refractivity contribution < 1.29 is 14.7 Å². The SMILES string of the molecule is CN1CCN(CCC(=O)C(=O)O)CC1. The van der Waals surface area contributed by atoms with E-state index in [9.17, 15) is 9.59 Å². The number of carbonyl (C=O) groups is 2. The van der Waals surface area contributed by atoms with Crippen molar-refractivity contribution in [3.63, 3.8) is 0 Å². The third kappa shape index (κ3) is 3.43. The molecule has 1 aliphatic rings. The Morgan fingerprint density at radius 1 is 1.21 bits per heavy atom. The first-order chi connectivity index (χ1) is 6.59. The van der Waals surface area contributed by atoms with Crippen LogP contribution in [0.3, 0.4) is 0 Å². The summed E-state index contributed by atoms with van der Waals surface area (Å²) in [7, 11) is 2.06. The summed E-state index contributed by atoms with van der Waals surface area (Å²) in [6.45, 7) is 4.38. The first-order valence-electron chi connectivity index (χ1n) is 4.76. The molecule has 1 rings (SSSR count). The van der Waals surface area contributed by atoms with Crippen LogP contribution in [0.2, 0.25) is 0 Å². The minimum Gasteiger partial charge on any atom is -0.476 e. The number of likely N-dealkylation sites (N-methyl/N-ethyl adjacent to an activating group) is 1. The van der Waals surface area contributed by atoms with Gasteiger partial charge in [-0.1, -0.05) is 0 Å². The molecule has 0 radical (unpaired) electrons. The van der Waals surface area contributed by atoms with Crippen LogP contribution in [0.1, 0.15) is 6.42 Å². The van der Waals surface area contributed by atoms with Gasteiger partial charge in [0.1, 0.15) is 0 Å². The van der Waals surface area contributed by atoms with Crippen molar-refractivity contribution in [1.82, 2.24) is 9.80 Å². The number of ketones is 1. The average molecular weight is 200 g/mol. The highest BCUT2D eigenvalue weighted by Gasteiger charge is 2.17. The van der Waals surface area contributed by atoms with Crippen molar-refractivity contribution in [3.8, 4) is 0 Å². The van der Waals surface area contributed by atoms with Crippen molar-refractivity contribution in [3.05, 3.63) is 0 Å². The maximum absolute atomic E-state index is 10.8. The van der Waals surface area contributed by atoms with Gasteiger partial charge >= 0.3 is 5.97 Å². The van der Waals surface area contributed by atoms with Gasteiger partial charge in [0.25, 0.3) is 0 Å². The van der Waals surface area contributed by atoms with E-state index in [0.717, 1.165) is 26.2 Å². The second-order valence-corrected chi connectivity index (χ2v) is 3.62. The Kier molecular flexibility index (Phi) is 4.03. The Morgan fingerprint density at radius 2 is 1.79 bits per heavy atom. The number of carboxylic acid groups (broad SMARTS) is 1. The van der Waals surface area contributed by atoms with E-state index in [1.54, 1.807) is 0 Å². The molecule has 1 fully saturated rings. The Balaban J connectivity index is 2.19. The van der Waals surface area contributed by atoms with E-state index >= 15 is 0 Å².